The molecule has 0 aliphatic carbocycles. The van der Waals surface area contributed by atoms with Gasteiger partial charge in [-0.25, -0.2) is 0 Å². The van der Waals surface area contributed by atoms with E-state index in [0.29, 0.717) is 4.90 Å². The van der Waals surface area contributed by atoms with Crippen molar-refractivity contribution in [2.45, 2.75) is 4.90 Å². The van der Waals surface area contributed by atoms with Gasteiger partial charge in [-0.2, -0.15) is 4.21 Å². The van der Waals surface area contributed by atoms with E-state index in [2.05, 4.69) is 0 Å². The molecule has 4 heteroatoms. The summed E-state index contributed by atoms with van der Waals surface area (Å²) < 4.78 is 10.8. The summed E-state index contributed by atoms with van der Waals surface area (Å²) >= 11 is 0. The third-order valence-corrected chi connectivity index (χ3v) is 2.44. The minimum absolute atomic E-state index is 0.309. The third-order valence-electron chi connectivity index (χ3n) is 1.22. The van der Waals surface area contributed by atoms with Gasteiger partial charge in [-0.1, -0.05) is 18.2 Å². The quantitative estimate of drug-likeness (QED) is 0.622. The second kappa shape index (κ2) is 3.61. The van der Waals surface area contributed by atoms with Crippen LogP contribution in [-0.4, -0.2) is 11.3 Å². The second-order valence-electron chi connectivity index (χ2n) is 2.07. The lowest BCUT2D eigenvalue weighted by Gasteiger charge is -2.12. The van der Waals surface area contributed by atoms with Gasteiger partial charge >= 0.3 is 0 Å². The van der Waals surface area contributed by atoms with Gasteiger partial charge in [-0.3, -0.25) is 4.47 Å². The highest BCUT2D eigenvalue weighted by molar-refractivity contribution is 7.78. The van der Waals surface area contributed by atoms with E-state index in [9.17, 15) is 9.42 Å². The summed E-state index contributed by atoms with van der Waals surface area (Å²) in [5.74, 6) is 0. The molecule has 0 radical (unpaired) electrons. The molecule has 0 fully saturated rings. The summed E-state index contributed by atoms with van der Waals surface area (Å²) in [5.41, 5.74) is 0. The molecule has 0 bridgehead atoms. The van der Waals surface area contributed by atoms with Gasteiger partial charge in [0.1, 0.15) is 0 Å². The zero-order valence-electron chi connectivity index (χ0n) is 6.11. The standard InChI is InChI=1S/C7H9NO2S/c1-8(9)11(10)7-5-3-2-4-6-7/h2-6,8H,1H3. The van der Waals surface area contributed by atoms with E-state index in [1.54, 1.807) is 24.3 Å². The fourth-order valence-electron chi connectivity index (χ4n) is 0.710. The summed E-state index contributed by atoms with van der Waals surface area (Å²) in [7, 11) is -0.151. The van der Waals surface area contributed by atoms with Crippen LogP contribution in [0.3, 0.4) is 0 Å². The monoisotopic (exact) mass is 171 g/mol. The minimum atomic E-state index is -1.47. The fraction of sp³-hybridized carbons (Fsp3) is 0.143. The number of hydrogen-bond donors (Lipinski definition) is 1. The van der Waals surface area contributed by atoms with E-state index < -0.39 is 11.0 Å². The largest absolute Gasteiger partial charge is 0.620 e. The lowest BCUT2D eigenvalue weighted by atomic mass is 10.4. The minimum Gasteiger partial charge on any atom is -0.620 e. The number of rotatable bonds is 2. The molecule has 0 saturated heterocycles. The van der Waals surface area contributed by atoms with Crippen LogP contribution in [0.15, 0.2) is 35.2 Å². The highest BCUT2D eigenvalue weighted by Crippen LogP contribution is 1.99. The van der Waals surface area contributed by atoms with Crippen LogP contribution in [-0.2, 0) is 11.0 Å². The molecule has 0 amide bonds. The third kappa shape index (κ3) is 2.11. The summed E-state index contributed by atoms with van der Waals surface area (Å²) in [6.07, 6.45) is 0. The van der Waals surface area contributed by atoms with Crippen LogP contribution in [0.4, 0.5) is 0 Å². The summed E-state index contributed by atoms with van der Waals surface area (Å²) in [6, 6.07) is 8.70. The second-order valence-corrected chi connectivity index (χ2v) is 3.66. The Morgan fingerprint density at radius 1 is 1.36 bits per heavy atom. The van der Waals surface area contributed by atoms with Crippen molar-refractivity contribution in [3.8, 4) is 0 Å². The molecule has 1 rings (SSSR count). The van der Waals surface area contributed by atoms with Crippen LogP contribution in [0.5, 0.6) is 0 Å². The van der Waals surface area contributed by atoms with E-state index in [1.165, 1.54) is 7.05 Å². The zero-order chi connectivity index (χ0) is 8.27. The van der Waals surface area contributed by atoms with Gasteiger partial charge in [0, 0.05) is 0 Å². The fourth-order valence-corrected chi connectivity index (χ4v) is 1.45. The molecule has 11 heavy (non-hydrogen) atoms. The maximum absolute atomic E-state index is 11.1. The van der Waals surface area contributed by atoms with Crippen LogP contribution >= 0.6 is 0 Å². The average molecular weight is 171 g/mol. The summed E-state index contributed by atoms with van der Waals surface area (Å²) in [6.45, 7) is 0. The van der Waals surface area contributed by atoms with Crippen LogP contribution in [0.1, 0.15) is 0 Å². The molecule has 0 aliphatic rings. The van der Waals surface area contributed by atoms with E-state index in [1.807, 2.05) is 6.07 Å². The summed E-state index contributed by atoms with van der Waals surface area (Å²) in [4.78, 5) is 0.569. The molecular formula is C7H9NO2S. The lowest BCUT2D eigenvalue weighted by Crippen LogP contribution is -3.03. The number of nitrogens with one attached hydrogen (secondary N) is 1. The van der Waals surface area contributed by atoms with Gasteiger partial charge in [-0.15, -0.1) is 0 Å². The Labute approximate surface area is 67.8 Å². The molecule has 1 aromatic rings. The Bertz CT molecular complexity index is 248. The smallest absolute Gasteiger partial charge is 0.238 e. The van der Waals surface area contributed by atoms with Crippen LogP contribution in [0.25, 0.3) is 0 Å². The van der Waals surface area contributed by atoms with Crippen molar-refractivity contribution in [2.24, 2.45) is 0 Å². The predicted octanol–water partition coefficient (Wildman–Crippen LogP) is -0.278. The van der Waals surface area contributed by atoms with E-state index >= 15 is 0 Å². The molecule has 0 aromatic heterocycles. The van der Waals surface area contributed by atoms with Gasteiger partial charge in [0.25, 0.3) is 0 Å². The van der Waals surface area contributed by atoms with Crippen molar-refractivity contribution in [2.75, 3.05) is 7.05 Å². The molecule has 0 spiro atoms. The first-order chi connectivity index (χ1) is 5.22. The molecule has 0 aliphatic heterocycles. The van der Waals surface area contributed by atoms with Gasteiger partial charge in [-0.05, 0) is 12.1 Å². The Morgan fingerprint density at radius 3 is 2.36 bits per heavy atom. The van der Waals surface area contributed by atoms with Gasteiger partial charge < -0.3 is 5.21 Å². The van der Waals surface area contributed by atoms with Crippen molar-refractivity contribution < 1.29 is 8.68 Å². The Morgan fingerprint density at radius 2 is 1.91 bits per heavy atom. The van der Waals surface area contributed by atoms with Gasteiger partial charge in [0.05, 0.1) is 11.9 Å². The van der Waals surface area contributed by atoms with Gasteiger partial charge in [0.15, 0.2) is 0 Å². The maximum Gasteiger partial charge on any atom is 0.238 e. The molecule has 2 unspecified atom stereocenters. The van der Waals surface area contributed by atoms with Crippen LogP contribution in [0.2, 0.25) is 0 Å². The first-order valence-corrected chi connectivity index (χ1v) is 4.34. The number of hydrogen-bond acceptors (Lipinski definition) is 2. The number of hydroxylamine groups is 1. The molecule has 60 valence electrons. The van der Waals surface area contributed by atoms with Crippen LogP contribution < -0.4 is 4.47 Å². The Balaban J connectivity index is 2.86. The molecule has 1 N–H and O–H groups in total. The topological polar surface area (TPSA) is 44.6 Å². The van der Waals surface area contributed by atoms with Gasteiger partial charge in [0.2, 0.25) is 11.0 Å². The van der Waals surface area contributed by atoms with Crippen molar-refractivity contribution in [3.05, 3.63) is 35.5 Å². The molecule has 0 saturated carbocycles. The molecule has 3 nitrogen and oxygen atoms in total. The first kappa shape index (κ1) is 8.39. The molecule has 2 atom stereocenters. The highest BCUT2D eigenvalue weighted by atomic mass is 32.2. The average Bonchev–Trinajstić information content (AvgIpc) is 2.05. The Kier molecular flexibility index (Phi) is 2.76. The van der Waals surface area contributed by atoms with Crippen molar-refractivity contribution in [1.29, 1.82) is 0 Å². The van der Waals surface area contributed by atoms with E-state index in [-0.39, 0.29) is 4.47 Å². The summed E-state index contributed by atoms with van der Waals surface area (Å²) in [5, 5.41) is 10.6. The van der Waals surface area contributed by atoms with E-state index in [4.69, 9.17) is 0 Å². The molecule has 1 aromatic carbocycles. The maximum atomic E-state index is 11.1. The highest BCUT2D eigenvalue weighted by Gasteiger charge is 2.05. The molecular weight excluding hydrogens is 162 g/mol. The van der Waals surface area contributed by atoms with Crippen molar-refractivity contribution >= 4 is 11.0 Å². The zero-order valence-corrected chi connectivity index (χ0v) is 6.93. The molecule has 0 heterocycles. The predicted molar refractivity (Wildman–Crippen MR) is 43.1 cm³/mol. The van der Waals surface area contributed by atoms with Crippen LogP contribution in [0, 0.1) is 5.21 Å². The number of benzene rings is 1. The van der Waals surface area contributed by atoms with Crippen molar-refractivity contribution in [1.82, 2.24) is 0 Å². The normalized spacial score (nSPS) is 15.8. The van der Waals surface area contributed by atoms with E-state index in [0.717, 1.165) is 0 Å². The number of quaternary nitrogens is 1. The SMILES string of the molecule is C[NH+]([O-])S(=O)c1ccccc1. The Hall–Kier alpha value is -0.710. The first-order valence-electron chi connectivity index (χ1n) is 3.19. The van der Waals surface area contributed by atoms with Crippen molar-refractivity contribution in [3.63, 3.8) is 0 Å². The lowest BCUT2D eigenvalue weighted by molar-refractivity contribution is -0.675.